The molecule has 1 heterocycles. The summed E-state index contributed by atoms with van der Waals surface area (Å²) in [6.45, 7) is 9.30. The molecule has 1 saturated heterocycles. The highest BCUT2D eigenvalue weighted by Crippen LogP contribution is 2.19. The Hall–Kier alpha value is -3.26. The maximum absolute atomic E-state index is 12.3. The summed E-state index contributed by atoms with van der Waals surface area (Å²) in [6, 6.07) is 14.5. The third kappa shape index (κ3) is 6.11. The molecule has 0 bridgehead atoms. The number of hydrogen-bond acceptors (Lipinski definition) is 6. The van der Waals surface area contributed by atoms with Crippen LogP contribution in [0.2, 0.25) is 0 Å². The van der Waals surface area contributed by atoms with Gasteiger partial charge in [-0.15, -0.1) is 0 Å². The molecule has 0 spiro atoms. The van der Waals surface area contributed by atoms with E-state index in [1.165, 1.54) is 0 Å². The summed E-state index contributed by atoms with van der Waals surface area (Å²) in [5, 5.41) is 9.41. The molecule has 2 amide bonds. The molecule has 166 valence electrons. The molecule has 2 aromatic rings. The van der Waals surface area contributed by atoms with Crippen LogP contribution >= 0.6 is 0 Å². The van der Waals surface area contributed by atoms with Gasteiger partial charge in [-0.1, -0.05) is 0 Å². The predicted octanol–water partition coefficient (Wildman–Crippen LogP) is 1.82. The minimum Gasteiger partial charge on any atom is -0.508 e. The number of aromatic hydroxyl groups is 1. The van der Waals surface area contributed by atoms with Crippen molar-refractivity contribution in [3.8, 4) is 5.75 Å². The zero-order valence-corrected chi connectivity index (χ0v) is 18.2. The third-order valence-corrected chi connectivity index (χ3v) is 5.53. The SMILES string of the molecule is CCN(CC)c1ccc(C(=O)NNC(=O)CN2CCN(c3ccc(O)cc3)CC2)cc1. The normalized spacial score (nSPS) is 14.2. The first kappa shape index (κ1) is 22.4. The summed E-state index contributed by atoms with van der Waals surface area (Å²) in [4.78, 5) is 31.0. The van der Waals surface area contributed by atoms with E-state index in [4.69, 9.17) is 0 Å². The summed E-state index contributed by atoms with van der Waals surface area (Å²) in [5.41, 5.74) is 7.62. The van der Waals surface area contributed by atoms with Crippen LogP contribution in [-0.4, -0.2) is 67.6 Å². The van der Waals surface area contributed by atoms with E-state index in [0.29, 0.717) is 5.56 Å². The second-order valence-electron chi connectivity index (χ2n) is 7.50. The Labute approximate surface area is 183 Å². The lowest BCUT2D eigenvalue weighted by atomic mass is 10.2. The molecule has 1 fully saturated rings. The summed E-state index contributed by atoms with van der Waals surface area (Å²) in [5.74, 6) is -0.330. The number of rotatable bonds is 7. The molecule has 0 radical (unpaired) electrons. The van der Waals surface area contributed by atoms with E-state index in [9.17, 15) is 14.7 Å². The fraction of sp³-hybridized carbons (Fsp3) is 0.391. The van der Waals surface area contributed by atoms with Gasteiger partial charge in [0.2, 0.25) is 0 Å². The maximum Gasteiger partial charge on any atom is 0.269 e. The quantitative estimate of drug-likeness (QED) is 0.587. The Kier molecular flexibility index (Phi) is 7.72. The zero-order valence-electron chi connectivity index (χ0n) is 18.2. The van der Waals surface area contributed by atoms with Gasteiger partial charge in [0.25, 0.3) is 11.8 Å². The fourth-order valence-electron chi connectivity index (χ4n) is 3.68. The van der Waals surface area contributed by atoms with Gasteiger partial charge in [0.1, 0.15) is 5.75 Å². The van der Waals surface area contributed by atoms with Gasteiger partial charge in [-0.05, 0) is 62.4 Å². The lowest BCUT2D eigenvalue weighted by Gasteiger charge is -2.35. The largest absolute Gasteiger partial charge is 0.508 e. The van der Waals surface area contributed by atoms with E-state index in [2.05, 4.69) is 39.4 Å². The molecule has 8 heteroatoms. The topological polar surface area (TPSA) is 88.2 Å². The molecule has 3 rings (SSSR count). The number of nitrogens with zero attached hydrogens (tertiary/aromatic N) is 3. The molecule has 31 heavy (non-hydrogen) atoms. The summed E-state index contributed by atoms with van der Waals surface area (Å²) < 4.78 is 0. The van der Waals surface area contributed by atoms with Crippen LogP contribution < -0.4 is 20.7 Å². The number of nitrogens with one attached hydrogen (secondary N) is 2. The highest BCUT2D eigenvalue weighted by atomic mass is 16.3. The standard InChI is InChI=1S/C23H31N5O3/c1-3-27(4-2)19-7-5-18(6-8-19)23(31)25-24-22(30)17-26-13-15-28(16-14-26)20-9-11-21(29)12-10-20/h5-12,29H,3-4,13-17H2,1-2H3,(H,24,30)(H,25,31). The first-order chi connectivity index (χ1) is 15.0. The van der Waals surface area contributed by atoms with Crippen molar-refractivity contribution >= 4 is 23.2 Å². The van der Waals surface area contributed by atoms with Gasteiger partial charge in [-0.25, -0.2) is 0 Å². The molecule has 0 atom stereocenters. The average molecular weight is 426 g/mol. The number of anilines is 2. The van der Waals surface area contributed by atoms with E-state index in [1.807, 2.05) is 24.3 Å². The smallest absolute Gasteiger partial charge is 0.269 e. The van der Waals surface area contributed by atoms with Crippen molar-refractivity contribution < 1.29 is 14.7 Å². The number of piperazine rings is 1. The first-order valence-electron chi connectivity index (χ1n) is 10.7. The first-order valence-corrected chi connectivity index (χ1v) is 10.7. The van der Waals surface area contributed by atoms with Gasteiger partial charge in [0.15, 0.2) is 0 Å². The molecular formula is C23H31N5O3. The van der Waals surface area contributed by atoms with Crippen molar-refractivity contribution in [3.63, 3.8) is 0 Å². The fourth-order valence-corrected chi connectivity index (χ4v) is 3.68. The molecule has 3 N–H and O–H groups in total. The maximum atomic E-state index is 12.3. The lowest BCUT2D eigenvalue weighted by Crippen LogP contribution is -2.52. The molecule has 0 aromatic heterocycles. The molecule has 0 unspecified atom stereocenters. The highest BCUT2D eigenvalue weighted by molar-refractivity contribution is 5.95. The van der Waals surface area contributed by atoms with Crippen molar-refractivity contribution in [2.45, 2.75) is 13.8 Å². The molecule has 1 aliphatic heterocycles. The molecule has 2 aromatic carbocycles. The molecule has 0 saturated carbocycles. The minimum absolute atomic E-state index is 0.227. The van der Waals surface area contributed by atoms with Gasteiger partial charge in [0, 0.05) is 56.2 Å². The Morgan fingerprint density at radius 1 is 0.903 bits per heavy atom. The van der Waals surface area contributed by atoms with Crippen LogP contribution in [0.3, 0.4) is 0 Å². The van der Waals surface area contributed by atoms with Crippen molar-refractivity contribution in [1.29, 1.82) is 0 Å². The molecule has 1 aliphatic rings. The van der Waals surface area contributed by atoms with Gasteiger partial charge in [-0.3, -0.25) is 25.3 Å². The highest BCUT2D eigenvalue weighted by Gasteiger charge is 2.19. The van der Waals surface area contributed by atoms with E-state index < -0.39 is 0 Å². The van der Waals surface area contributed by atoms with Crippen LogP contribution in [0.15, 0.2) is 48.5 Å². The second-order valence-corrected chi connectivity index (χ2v) is 7.50. The second kappa shape index (κ2) is 10.7. The van der Waals surface area contributed by atoms with E-state index in [0.717, 1.165) is 50.6 Å². The number of phenolic OH excluding ortho intramolecular Hbond substituents is 1. The molecular weight excluding hydrogens is 394 g/mol. The number of benzene rings is 2. The summed E-state index contributed by atoms with van der Waals surface area (Å²) >= 11 is 0. The van der Waals surface area contributed by atoms with Gasteiger partial charge in [0.05, 0.1) is 6.54 Å². The number of amides is 2. The van der Waals surface area contributed by atoms with Gasteiger partial charge < -0.3 is 14.9 Å². The van der Waals surface area contributed by atoms with Crippen molar-refractivity contribution in [2.24, 2.45) is 0 Å². The Balaban J connectivity index is 1.41. The van der Waals surface area contributed by atoms with Gasteiger partial charge >= 0.3 is 0 Å². The Morgan fingerprint density at radius 2 is 1.52 bits per heavy atom. The summed E-state index contributed by atoms with van der Waals surface area (Å²) in [6.07, 6.45) is 0. The van der Waals surface area contributed by atoms with Crippen LogP contribution in [0.25, 0.3) is 0 Å². The van der Waals surface area contributed by atoms with E-state index >= 15 is 0 Å². The van der Waals surface area contributed by atoms with Crippen molar-refractivity contribution in [1.82, 2.24) is 15.8 Å². The number of carbonyl (C=O) groups is 2. The lowest BCUT2D eigenvalue weighted by molar-refractivity contribution is -0.123. The molecule has 8 nitrogen and oxygen atoms in total. The zero-order chi connectivity index (χ0) is 22.2. The molecule has 0 aliphatic carbocycles. The van der Waals surface area contributed by atoms with Crippen molar-refractivity contribution in [3.05, 3.63) is 54.1 Å². The van der Waals surface area contributed by atoms with Crippen molar-refractivity contribution in [2.75, 3.05) is 55.6 Å². The minimum atomic E-state index is -0.336. The predicted molar refractivity (Wildman–Crippen MR) is 122 cm³/mol. The van der Waals surface area contributed by atoms with Gasteiger partial charge in [-0.2, -0.15) is 0 Å². The van der Waals surface area contributed by atoms with Crippen LogP contribution in [0.4, 0.5) is 11.4 Å². The monoisotopic (exact) mass is 425 g/mol. The van der Waals surface area contributed by atoms with Crippen LogP contribution in [0.5, 0.6) is 5.75 Å². The number of hydrogen-bond donors (Lipinski definition) is 3. The number of carbonyl (C=O) groups excluding carboxylic acids is 2. The number of phenols is 1. The van der Waals surface area contributed by atoms with E-state index in [1.54, 1.807) is 24.3 Å². The average Bonchev–Trinajstić information content (AvgIpc) is 2.80. The van der Waals surface area contributed by atoms with Crippen LogP contribution in [0, 0.1) is 0 Å². The Bertz CT molecular complexity index is 858. The van der Waals surface area contributed by atoms with Crippen LogP contribution in [0.1, 0.15) is 24.2 Å². The van der Waals surface area contributed by atoms with Crippen LogP contribution in [-0.2, 0) is 4.79 Å². The van der Waals surface area contributed by atoms with E-state index in [-0.39, 0.29) is 24.1 Å². The Morgan fingerprint density at radius 3 is 2.10 bits per heavy atom. The summed E-state index contributed by atoms with van der Waals surface area (Å²) in [7, 11) is 0. The third-order valence-electron chi connectivity index (χ3n) is 5.53. The number of hydrazine groups is 1.